The van der Waals surface area contributed by atoms with E-state index in [4.69, 9.17) is 4.74 Å². The van der Waals surface area contributed by atoms with Crippen molar-refractivity contribution in [3.8, 4) is 5.75 Å². The normalized spacial score (nSPS) is 14.8. The third kappa shape index (κ3) is 10.9. The summed E-state index contributed by atoms with van der Waals surface area (Å²) < 4.78 is 64.6. The molecule has 9 heteroatoms. The van der Waals surface area contributed by atoms with E-state index in [1.807, 2.05) is 19.1 Å². The minimum absolute atomic E-state index is 0.724. The van der Waals surface area contributed by atoms with Crippen LogP contribution in [0.2, 0.25) is 0 Å². The maximum atomic E-state index is 9.87. The summed E-state index contributed by atoms with van der Waals surface area (Å²) in [5, 5.41) is 0. The first-order valence-corrected chi connectivity index (χ1v) is 7.65. The van der Waals surface area contributed by atoms with E-state index in [2.05, 4.69) is 26.5 Å². The second-order valence-corrected chi connectivity index (χ2v) is 6.21. The van der Waals surface area contributed by atoms with E-state index in [0.29, 0.717) is 0 Å². The molecule has 0 fully saturated rings. The second-order valence-electron chi connectivity index (χ2n) is 3.75. The van der Waals surface area contributed by atoms with Crippen LogP contribution in [0.3, 0.4) is 0 Å². The van der Waals surface area contributed by atoms with Crippen LogP contribution in [-0.2, 0) is 12.6 Å². The molecule has 1 aromatic carbocycles. The van der Waals surface area contributed by atoms with Gasteiger partial charge in [0.05, 0.1) is 6.61 Å². The minimum atomic E-state index is -10.7. The summed E-state index contributed by atoms with van der Waals surface area (Å²) in [4.78, 5) is 1.14. The summed E-state index contributed by atoms with van der Waals surface area (Å²) in [6.45, 7) is 6.88. The molecule has 0 radical (unpaired) electrons. The summed E-state index contributed by atoms with van der Waals surface area (Å²) in [6, 6.07) is 4.01. The van der Waals surface area contributed by atoms with Gasteiger partial charge in [-0.25, -0.2) is 0 Å². The van der Waals surface area contributed by atoms with E-state index < -0.39 is 7.81 Å². The number of benzene rings is 1. The van der Waals surface area contributed by atoms with E-state index in [1.54, 1.807) is 0 Å². The first-order chi connectivity index (χ1) is 8.11. The van der Waals surface area contributed by atoms with E-state index in [-0.39, 0.29) is 0 Å². The molecule has 0 aliphatic rings. The molecule has 0 heterocycles. The van der Waals surface area contributed by atoms with Crippen molar-refractivity contribution in [2.75, 3.05) is 6.61 Å². The van der Waals surface area contributed by atoms with Gasteiger partial charge in [-0.1, -0.05) is 0 Å². The quantitative estimate of drug-likeness (QED) is 0.398. The Bertz CT molecular complexity index is 445. The fourth-order valence-electron chi connectivity index (χ4n) is 1.11. The summed E-state index contributed by atoms with van der Waals surface area (Å²) >= 11 is 3.53. The predicted octanol–water partition coefficient (Wildman–Crippen LogP) is 5.45. The SMILES string of the molecule is CCOc1ccc([SH2+])c(C)c1C.F[P-](F)(F)(F)(F)F. The Morgan fingerprint density at radius 1 is 1.00 bits per heavy atom. The van der Waals surface area contributed by atoms with Crippen LogP contribution < -0.4 is 4.74 Å². The number of hydrogen-bond donors (Lipinski definition) is 0. The summed E-state index contributed by atoms with van der Waals surface area (Å²) in [6.07, 6.45) is 0. The molecule has 1 aromatic rings. The molecule has 0 aliphatic carbocycles. The third-order valence-corrected chi connectivity index (χ3v) is 2.58. The molecule has 1 nitrogen and oxygen atoms in total. The van der Waals surface area contributed by atoms with Gasteiger partial charge >= 0.3 is 33.0 Å². The van der Waals surface area contributed by atoms with Gasteiger partial charge in [0.2, 0.25) is 0 Å². The van der Waals surface area contributed by atoms with Gasteiger partial charge in [0, 0.05) is 5.56 Å². The molecule has 1 rings (SSSR count). The van der Waals surface area contributed by atoms with Crippen LogP contribution in [0.5, 0.6) is 5.75 Å². The molecule has 0 aromatic heterocycles. The standard InChI is InChI=1S/C10H14OS.F6P/c1-4-11-9-5-6-10(12)8(3)7(9)2;1-7(2,3,4,5)6/h5-6,12H,4H2,1-3H3;/q;-1/p+1. The van der Waals surface area contributed by atoms with E-state index in [9.17, 15) is 25.2 Å². The topological polar surface area (TPSA) is 9.23 Å². The van der Waals surface area contributed by atoms with E-state index >= 15 is 0 Å². The molecular formula is C10H15F6OPS. The fraction of sp³-hybridized carbons (Fsp3) is 0.400. The van der Waals surface area contributed by atoms with Crippen molar-refractivity contribution in [3.05, 3.63) is 23.3 Å². The molecule has 0 bridgehead atoms. The fourth-order valence-corrected chi connectivity index (χ4v) is 1.38. The Morgan fingerprint density at radius 2 is 1.42 bits per heavy atom. The van der Waals surface area contributed by atoms with E-state index in [0.717, 1.165) is 17.3 Å². The Kier molecular flexibility index (Phi) is 4.89. The van der Waals surface area contributed by atoms with Crippen molar-refractivity contribution in [2.24, 2.45) is 0 Å². The van der Waals surface area contributed by atoms with Crippen LogP contribution in [0.1, 0.15) is 18.1 Å². The Morgan fingerprint density at radius 3 is 1.79 bits per heavy atom. The van der Waals surface area contributed by atoms with Gasteiger partial charge in [-0.05, 0) is 51.1 Å². The molecule has 0 N–H and O–H groups in total. The van der Waals surface area contributed by atoms with E-state index in [1.165, 1.54) is 11.1 Å². The summed E-state index contributed by atoms with van der Waals surface area (Å²) in [7, 11) is -10.7. The number of hydrogen-bond acceptors (Lipinski definition) is 1. The number of rotatable bonds is 2. The van der Waals surface area contributed by atoms with Crippen molar-refractivity contribution in [3.63, 3.8) is 0 Å². The second kappa shape index (κ2) is 5.05. The maximum absolute atomic E-state index is 10.7. The molecule has 19 heavy (non-hydrogen) atoms. The molecule has 0 unspecified atom stereocenters. The predicted molar refractivity (Wildman–Crippen MR) is 69.1 cm³/mol. The number of halogens is 6. The van der Waals surface area contributed by atoms with Crippen LogP contribution in [-0.4, -0.2) is 6.61 Å². The Hall–Kier alpha value is -0.620. The van der Waals surface area contributed by atoms with Gasteiger partial charge in [0.1, 0.15) is 5.75 Å². The summed E-state index contributed by atoms with van der Waals surface area (Å²) in [5.74, 6) is 0.983. The molecule has 0 saturated carbocycles. The van der Waals surface area contributed by atoms with Gasteiger partial charge in [0.15, 0.2) is 4.90 Å². The molecule has 114 valence electrons. The zero-order valence-electron chi connectivity index (χ0n) is 10.5. The van der Waals surface area contributed by atoms with Crippen molar-refractivity contribution in [1.29, 1.82) is 0 Å². The zero-order chi connectivity index (χ0) is 15.5. The first kappa shape index (κ1) is 18.4. The molecule has 0 spiro atoms. The van der Waals surface area contributed by atoms with Crippen LogP contribution in [0.4, 0.5) is 25.2 Å². The van der Waals surface area contributed by atoms with Crippen LogP contribution in [0.25, 0.3) is 0 Å². The molecule has 0 saturated heterocycles. The van der Waals surface area contributed by atoms with Gasteiger partial charge < -0.3 is 4.74 Å². The van der Waals surface area contributed by atoms with Gasteiger partial charge in [-0.3, -0.25) is 0 Å². The molecule has 0 aliphatic heterocycles. The zero-order valence-corrected chi connectivity index (χ0v) is 12.4. The molecule has 0 amide bonds. The van der Waals surface area contributed by atoms with Gasteiger partial charge in [0.25, 0.3) is 0 Å². The van der Waals surface area contributed by atoms with Gasteiger partial charge in [-0.15, -0.1) is 0 Å². The first-order valence-electron chi connectivity index (χ1n) is 5.12. The van der Waals surface area contributed by atoms with Gasteiger partial charge in [-0.2, -0.15) is 0 Å². The van der Waals surface area contributed by atoms with Crippen LogP contribution in [0.15, 0.2) is 17.0 Å². The molecule has 0 atom stereocenters. The number of ether oxygens (including phenoxy) is 1. The van der Waals surface area contributed by atoms with Crippen LogP contribution >= 0.6 is 7.81 Å². The Balaban J connectivity index is 0.000000399. The van der Waals surface area contributed by atoms with Crippen molar-refractivity contribution in [2.45, 2.75) is 25.7 Å². The van der Waals surface area contributed by atoms with Crippen molar-refractivity contribution < 1.29 is 29.9 Å². The average molecular weight is 328 g/mol. The van der Waals surface area contributed by atoms with Crippen molar-refractivity contribution in [1.82, 2.24) is 0 Å². The Labute approximate surface area is 112 Å². The summed E-state index contributed by atoms with van der Waals surface area (Å²) in [5.41, 5.74) is 2.46. The van der Waals surface area contributed by atoms with Crippen molar-refractivity contribution >= 4 is 20.4 Å². The molecular weight excluding hydrogens is 313 g/mol. The monoisotopic (exact) mass is 328 g/mol. The average Bonchev–Trinajstić information content (AvgIpc) is 2.14. The third-order valence-electron chi connectivity index (χ3n) is 2.04. The van der Waals surface area contributed by atoms with Crippen LogP contribution in [0, 0.1) is 13.8 Å².